The van der Waals surface area contributed by atoms with Crippen molar-refractivity contribution in [3.05, 3.63) is 52.6 Å². The molecule has 3 heteroatoms. The lowest BCUT2D eigenvalue weighted by Gasteiger charge is -2.00. The maximum atomic E-state index is 5.96. The number of oxazole rings is 1. The second kappa shape index (κ2) is 8.84. The fourth-order valence-electron chi connectivity index (χ4n) is 2.30. The molecule has 0 aliphatic rings. The molecule has 2 nitrogen and oxygen atoms in total. The Morgan fingerprint density at radius 1 is 1.18 bits per heavy atom. The van der Waals surface area contributed by atoms with Crippen LogP contribution in [0, 0.1) is 0 Å². The molecule has 0 saturated heterocycles. The molecular formula is C19H25NOS. The van der Waals surface area contributed by atoms with Gasteiger partial charge >= 0.3 is 0 Å². The maximum Gasteiger partial charge on any atom is 0.195 e. The van der Waals surface area contributed by atoms with Gasteiger partial charge in [0.1, 0.15) is 0 Å². The number of aromatic nitrogens is 1. The Morgan fingerprint density at radius 3 is 2.64 bits per heavy atom. The number of hydrogen-bond donors (Lipinski definition) is 0. The van der Waals surface area contributed by atoms with Crippen LogP contribution in [-0.2, 0) is 12.8 Å². The average Bonchev–Trinajstić information content (AvgIpc) is 2.90. The summed E-state index contributed by atoms with van der Waals surface area (Å²) in [5.41, 5.74) is 1.07. The van der Waals surface area contributed by atoms with Crippen LogP contribution in [0.3, 0.4) is 0 Å². The van der Waals surface area contributed by atoms with Crippen LogP contribution in [0.5, 0.6) is 0 Å². The molecule has 0 aliphatic heterocycles. The zero-order valence-corrected chi connectivity index (χ0v) is 14.6. The molecule has 1 aromatic heterocycles. The molecule has 2 rings (SSSR count). The van der Waals surface area contributed by atoms with Gasteiger partial charge in [0, 0.05) is 11.3 Å². The van der Waals surface area contributed by atoms with E-state index in [9.17, 15) is 0 Å². The number of allylic oxidation sites excluding steroid dienone is 1. The van der Waals surface area contributed by atoms with Crippen molar-refractivity contribution >= 4 is 17.8 Å². The third-order valence-corrected chi connectivity index (χ3v) is 4.41. The van der Waals surface area contributed by atoms with Gasteiger partial charge in [-0.15, -0.1) is 0 Å². The molecule has 0 spiro atoms. The third-order valence-electron chi connectivity index (χ3n) is 3.46. The van der Waals surface area contributed by atoms with Gasteiger partial charge in [0.15, 0.2) is 11.7 Å². The Hall–Kier alpha value is -1.48. The first kappa shape index (κ1) is 16.9. The van der Waals surface area contributed by atoms with Crippen LogP contribution in [0.2, 0.25) is 0 Å². The van der Waals surface area contributed by atoms with Crippen molar-refractivity contribution in [3.63, 3.8) is 0 Å². The van der Waals surface area contributed by atoms with E-state index in [1.165, 1.54) is 22.6 Å². The summed E-state index contributed by atoms with van der Waals surface area (Å²) in [6.07, 6.45) is 7.58. The Kier molecular flexibility index (Phi) is 6.78. The first-order valence-corrected chi connectivity index (χ1v) is 8.94. The zero-order chi connectivity index (χ0) is 15.8. The molecule has 0 bridgehead atoms. The van der Waals surface area contributed by atoms with Gasteiger partial charge in [-0.05, 0) is 42.9 Å². The molecule has 0 radical (unpaired) electrons. The summed E-state index contributed by atoms with van der Waals surface area (Å²) in [6, 6.07) is 10.4. The molecule has 1 aromatic carbocycles. The van der Waals surface area contributed by atoms with Crippen molar-refractivity contribution in [3.8, 4) is 0 Å². The maximum absolute atomic E-state index is 5.96. The van der Waals surface area contributed by atoms with Gasteiger partial charge in [-0.25, -0.2) is 4.98 Å². The van der Waals surface area contributed by atoms with E-state index >= 15 is 0 Å². The van der Waals surface area contributed by atoms with E-state index in [1.54, 1.807) is 11.8 Å². The van der Waals surface area contributed by atoms with E-state index in [2.05, 4.69) is 56.1 Å². The highest BCUT2D eigenvalue weighted by molar-refractivity contribution is 8.03. The minimum Gasteiger partial charge on any atom is -0.441 e. The van der Waals surface area contributed by atoms with Crippen molar-refractivity contribution in [2.45, 2.75) is 57.8 Å². The number of aryl methyl sites for hydroxylation is 2. The molecule has 0 saturated carbocycles. The first-order valence-electron chi connectivity index (χ1n) is 8.12. The summed E-state index contributed by atoms with van der Waals surface area (Å²) in [5.74, 6) is 1.81. The van der Waals surface area contributed by atoms with Gasteiger partial charge in [-0.1, -0.05) is 56.7 Å². The topological polar surface area (TPSA) is 26.0 Å². The molecule has 0 amide bonds. The van der Waals surface area contributed by atoms with E-state index in [0.29, 0.717) is 0 Å². The number of thioether (sulfide) groups is 1. The Morgan fingerprint density at radius 2 is 1.95 bits per heavy atom. The molecule has 22 heavy (non-hydrogen) atoms. The number of rotatable bonds is 8. The Balaban J connectivity index is 2.08. The Labute approximate surface area is 138 Å². The second-order valence-electron chi connectivity index (χ2n) is 5.40. The van der Waals surface area contributed by atoms with Gasteiger partial charge < -0.3 is 4.42 Å². The number of hydrogen-bond acceptors (Lipinski definition) is 3. The van der Waals surface area contributed by atoms with Gasteiger partial charge in [0.2, 0.25) is 0 Å². The Bertz CT molecular complexity index is 601. The highest BCUT2D eigenvalue weighted by Crippen LogP contribution is 2.28. The largest absolute Gasteiger partial charge is 0.441 e. The van der Waals surface area contributed by atoms with Crippen molar-refractivity contribution in [1.29, 1.82) is 0 Å². The summed E-state index contributed by atoms with van der Waals surface area (Å²) < 4.78 is 5.96. The van der Waals surface area contributed by atoms with Crippen LogP contribution in [0.1, 0.15) is 57.4 Å². The monoisotopic (exact) mass is 315 g/mol. The SMILES string of the molecule is CCCCCc1nc(CC)c(/C=C(\C)Sc2ccccc2)o1. The van der Waals surface area contributed by atoms with Crippen molar-refractivity contribution in [1.82, 2.24) is 4.98 Å². The number of benzene rings is 1. The zero-order valence-electron chi connectivity index (χ0n) is 13.8. The minimum absolute atomic E-state index is 0.883. The molecule has 118 valence electrons. The predicted octanol–water partition coefficient (Wildman–Crippen LogP) is 6.12. The summed E-state index contributed by atoms with van der Waals surface area (Å²) >= 11 is 1.76. The highest BCUT2D eigenvalue weighted by atomic mass is 32.2. The van der Waals surface area contributed by atoms with Crippen LogP contribution in [0.25, 0.3) is 6.08 Å². The second-order valence-corrected chi connectivity index (χ2v) is 6.72. The molecule has 1 heterocycles. The smallest absolute Gasteiger partial charge is 0.195 e. The van der Waals surface area contributed by atoms with E-state index in [1.807, 2.05) is 6.07 Å². The van der Waals surface area contributed by atoms with Gasteiger partial charge in [0.25, 0.3) is 0 Å². The standard InChI is InChI=1S/C19H25NOS/c1-4-6-8-13-19-20-17(5-2)18(21-19)14-15(3)22-16-11-9-7-10-12-16/h7,9-12,14H,4-6,8,13H2,1-3H3/b15-14+. The summed E-state index contributed by atoms with van der Waals surface area (Å²) in [4.78, 5) is 7.11. The van der Waals surface area contributed by atoms with Crippen molar-refractivity contribution in [2.24, 2.45) is 0 Å². The fraction of sp³-hybridized carbons (Fsp3) is 0.421. The van der Waals surface area contributed by atoms with E-state index in [4.69, 9.17) is 4.42 Å². The van der Waals surface area contributed by atoms with E-state index in [0.717, 1.165) is 36.6 Å². The number of nitrogens with zero attached hydrogens (tertiary/aromatic N) is 1. The predicted molar refractivity (Wildman–Crippen MR) is 95.1 cm³/mol. The van der Waals surface area contributed by atoms with Gasteiger partial charge in [-0.3, -0.25) is 0 Å². The molecule has 0 fully saturated rings. The van der Waals surface area contributed by atoms with Crippen molar-refractivity contribution < 1.29 is 4.42 Å². The lowest BCUT2D eigenvalue weighted by atomic mass is 10.2. The average molecular weight is 315 g/mol. The fourth-order valence-corrected chi connectivity index (χ4v) is 3.13. The summed E-state index contributed by atoms with van der Waals surface area (Å²) in [6.45, 7) is 6.46. The molecular weight excluding hydrogens is 290 g/mol. The minimum atomic E-state index is 0.883. The number of unbranched alkanes of at least 4 members (excludes halogenated alkanes) is 2. The lowest BCUT2D eigenvalue weighted by Crippen LogP contribution is -1.87. The molecule has 0 N–H and O–H groups in total. The van der Waals surface area contributed by atoms with Crippen LogP contribution in [0.4, 0.5) is 0 Å². The van der Waals surface area contributed by atoms with Crippen LogP contribution in [-0.4, -0.2) is 4.98 Å². The highest BCUT2D eigenvalue weighted by Gasteiger charge is 2.10. The molecule has 0 unspecified atom stereocenters. The third kappa shape index (κ3) is 5.06. The lowest BCUT2D eigenvalue weighted by molar-refractivity contribution is 0.475. The quantitative estimate of drug-likeness (QED) is 0.433. The van der Waals surface area contributed by atoms with Gasteiger partial charge in [-0.2, -0.15) is 0 Å². The molecule has 0 aliphatic carbocycles. The summed E-state index contributed by atoms with van der Waals surface area (Å²) in [7, 11) is 0. The van der Waals surface area contributed by atoms with E-state index in [-0.39, 0.29) is 0 Å². The first-order chi connectivity index (χ1) is 10.7. The van der Waals surface area contributed by atoms with E-state index < -0.39 is 0 Å². The van der Waals surface area contributed by atoms with Crippen LogP contribution < -0.4 is 0 Å². The normalized spacial score (nSPS) is 11.9. The molecule has 0 atom stereocenters. The summed E-state index contributed by atoms with van der Waals surface area (Å²) in [5, 5.41) is 0. The van der Waals surface area contributed by atoms with Gasteiger partial charge in [0.05, 0.1) is 5.69 Å². The van der Waals surface area contributed by atoms with Crippen LogP contribution >= 0.6 is 11.8 Å². The molecule has 2 aromatic rings. The van der Waals surface area contributed by atoms with Crippen LogP contribution in [0.15, 0.2) is 44.5 Å². The van der Waals surface area contributed by atoms with Crippen molar-refractivity contribution in [2.75, 3.05) is 0 Å².